The van der Waals surface area contributed by atoms with Gasteiger partial charge in [0.25, 0.3) is 0 Å². The third-order valence-corrected chi connectivity index (χ3v) is 3.10. The van der Waals surface area contributed by atoms with Gasteiger partial charge in [-0.15, -0.1) is 0 Å². The van der Waals surface area contributed by atoms with Gasteiger partial charge in [0.2, 0.25) is 0 Å². The predicted octanol–water partition coefficient (Wildman–Crippen LogP) is -1.79. The topological polar surface area (TPSA) is 99.4 Å². The van der Waals surface area contributed by atoms with Gasteiger partial charge < -0.3 is 29.9 Å². The van der Waals surface area contributed by atoms with Crippen molar-refractivity contribution in [3.05, 3.63) is 0 Å². The number of aliphatic hydroxyl groups is 4. The van der Waals surface area contributed by atoms with Gasteiger partial charge in [-0.05, 0) is 13.8 Å². The molecule has 90 valence electrons. The number of hydrogen-bond acceptors (Lipinski definition) is 6. The van der Waals surface area contributed by atoms with Crippen LogP contribution in [0.25, 0.3) is 0 Å². The molecule has 0 aromatic carbocycles. The maximum absolute atomic E-state index is 10.0. The number of methoxy groups -OCH3 is 1. The highest BCUT2D eigenvalue weighted by atomic mass is 16.7. The van der Waals surface area contributed by atoms with Crippen LogP contribution >= 0.6 is 0 Å². The van der Waals surface area contributed by atoms with Crippen molar-refractivity contribution in [1.29, 1.82) is 0 Å². The molecular formula is C9H18O6. The molecule has 15 heavy (non-hydrogen) atoms. The second kappa shape index (κ2) is 3.97. The predicted molar refractivity (Wildman–Crippen MR) is 50.0 cm³/mol. The van der Waals surface area contributed by atoms with Crippen LogP contribution in [0.2, 0.25) is 0 Å². The molecule has 0 aromatic rings. The van der Waals surface area contributed by atoms with E-state index in [1.54, 1.807) is 0 Å². The molecule has 0 saturated carbocycles. The third kappa shape index (κ3) is 1.77. The fourth-order valence-electron chi connectivity index (χ4n) is 1.69. The standard InChI is InChI=1S/C9H18O6/c1-8(12)6(11)5(4-10)15-7(14-3)9(8,2)13/h5-7,10-13H,4H2,1-3H3/t5-,6+,7-,8+,9+/m1/s1. The molecule has 0 amide bonds. The zero-order valence-electron chi connectivity index (χ0n) is 9.04. The Kier molecular flexibility index (Phi) is 3.39. The third-order valence-electron chi connectivity index (χ3n) is 3.10. The summed E-state index contributed by atoms with van der Waals surface area (Å²) >= 11 is 0. The minimum absolute atomic E-state index is 0.465. The largest absolute Gasteiger partial charge is 0.394 e. The van der Waals surface area contributed by atoms with E-state index >= 15 is 0 Å². The summed E-state index contributed by atoms with van der Waals surface area (Å²) in [6, 6.07) is 0. The Hall–Kier alpha value is -0.240. The SMILES string of the molecule is CO[C@@H]1O[C@H](CO)[C@H](O)[C@](C)(O)[C@@]1(C)O. The first-order chi connectivity index (χ1) is 6.79. The molecule has 0 bridgehead atoms. The van der Waals surface area contributed by atoms with Crippen LogP contribution in [0.4, 0.5) is 0 Å². The Bertz CT molecular complexity index is 227. The molecule has 5 atom stereocenters. The van der Waals surface area contributed by atoms with Crippen LogP contribution in [0.3, 0.4) is 0 Å². The molecule has 6 nitrogen and oxygen atoms in total. The van der Waals surface area contributed by atoms with E-state index in [-0.39, 0.29) is 0 Å². The lowest BCUT2D eigenvalue weighted by atomic mass is 9.76. The number of ether oxygens (including phenoxy) is 2. The second-order valence-corrected chi connectivity index (χ2v) is 4.16. The molecule has 1 aliphatic rings. The zero-order valence-corrected chi connectivity index (χ0v) is 9.04. The van der Waals surface area contributed by atoms with E-state index in [1.807, 2.05) is 0 Å². The van der Waals surface area contributed by atoms with Crippen molar-refractivity contribution in [2.75, 3.05) is 13.7 Å². The van der Waals surface area contributed by atoms with Gasteiger partial charge in [-0.25, -0.2) is 0 Å². The molecule has 0 unspecified atom stereocenters. The Balaban J connectivity index is 3.01. The van der Waals surface area contributed by atoms with Crippen molar-refractivity contribution in [2.24, 2.45) is 0 Å². The van der Waals surface area contributed by atoms with Gasteiger partial charge in [-0.2, -0.15) is 0 Å². The average molecular weight is 222 g/mol. The molecule has 1 rings (SSSR count). The highest BCUT2D eigenvalue weighted by Gasteiger charge is 2.59. The van der Waals surface area contributed by atoms with Crippen molar-refractivity contribution in [3.63, 3.8) is 0 Å². The molecule has 0 radical (unpaired) electrons. The van der Waals surface area contributed by atoms with Crippen LogP contribution in [0, 0.1) is 0 Å². The van der Waals surface area contributed by atoms with Crippen molar-refractivity contribution in [1.82, 2.24) is 0 Å². The highest BCUT2D eigenvalue weighted by Crippen LogP contribution is 2.37. The summed E-state index contributed by atoms with van der Waals surface area (Å²) in [6.45, 7) is 2.11. The van der Waals surface area contributed by atoms with Gasteiger partial charge in [0.1, 0.15) is 23.4 Å². The average Bonchev–Trinajstić information content (AvgIpc) is 2.16. The Labute approximate surface area is 88.1 Å². The van der Waals surface area contributed by atoms with Gasteiger partial charge in [0.15, 0.2) is 6.29 Å². The van der Waals surface area contributed by atoms with E-state index in [1.165, 1.54) is 21.0 Å². The van der Waals surface area contributed by atoms with Crippen LogP contribution < -0.4 is 0 Å². The van der Waals surface area contributed by atoms with Crippen molar-refractivity contribution < 1.29 is 29.9 Å². The number of aliphatic hydroxyl groups excluding tert-OH is 2. The van der Waals surface area contributed by atoms with E-state index < -0.39 is 36.3 Å². The van der Waals surface area contributed by atoms with Crippen molar-refractivity contribution >= 4 is 0 Å². The molecule has 1 heterocycles. The van der Waals surface area contributed by atoms with E-state index in [0.717, 1.165) is 0 Å². The van der Waals surface area contributed by atoms with Gasteiger partial charge in [-0.3, -0.25) is 0 Å². The smallest absolute Gasteiger partial charge is 0.189 e. The maximum atomic E-state index is 10.0. The zero-order chi connectivity index (χ0) is 11.9. The first-order valence-electron chi connectivity index (χ1n) is 4.71. The quantitative estimate of drug-likeness (QED) is 0.440. The van der Waals surface area contributed by atoms with E-state index in [2.05, 4.69) is 0 Å². The highest BCUT2D eigenvalue weighted by molar-refractivity contribution is 5.06. The molecule has 1 aliphatic heterocycles. The molecule has 0 aromatic heterocycles. The maximum Gasteiger partial charge on any atom is 0.189 e. The fourth-order valence-corrected chi connectivity index (χ4v) is 1.69. The fraction of sp³-hybridized carbons (Fsp3) is 1.00. The summed E-state index contributed by atoms with van der Waals surface area (Å²) in [5.41, 5.74) is -3.58. The van der Waals surface area contributed by atoms with Crippen molar-refractivity contribution in [3.8, 4) is 0 Å². The van der Waals surface area contributed by atoms with Gasteiger partial charge in [0, 0.05) is 7.11 Å². The normalized spacial score (nSPS) is 51.8. The molecule has 4 N–H and O–H groups in total. The number of rotatable bonds is 2. The Morgan fingerprint density at radius 1 is 1.27 bits per heavy atom. The Morgan fingerprint density at radius 3 is 2.20 bits per heavy atom. The second-order valence-electron chi connectivity index (χ2n) is 4.16. The lowest BCUT2D eigenvalue weighted by molar-refractivity contribution is -0.360. The molecule has 1 saturated heterocycles. The molecule has 1 fully saturated rings. The van der Waals surface area contributed by atoms with Crippen LogP contribution in [0.5, 0.6) is 0 Å². The van der Waals surface area contributed by atoms with Crippen molar-refractivity contribution in [2.45, 2.75) is 43.5 Å². The van der Waals surface area contributed by atoms with Gasteiger partial charge >= 0.3 is 0 Å². The van der Waals surface area contributed by atoms with Gasteiger partial charge in [-0.1, -0.05) is 0 Å². The minimum Gasteiger partial charge on any atom is -0.394 e. The number of hydrogen-bond donors (Lipinski definition) is 4. The first-order valence-corrected chi connectivity index (χ1v) is 4.71. The molecule has 6 heteroatoms. The lowest BCUT2D eigenvalue weighted by Crippen LogP contribution is -2.72. The molecule has 0 aliphatic carbocycles. The monoisotopic (exact) mass is 222 g/mol. The first kappa shape index (κ1) is 12.8. The summed E-state index contributed by atoms with van der Waals surface area (Å²) in [5, 5.41) is 38.6. The van der Waals surface area contributed by atoms with Gasteiger partial charge in [0.05, 0.1) is 6.61 Å². The minimum atomic E-state index is -1.82. The van der Waals surface area contributed by atoms with Crippen LogP contribution in [-0.4, -0.2) is 63.8 Å². The van der Waals surface area contributed by atoms with Crippen LogP contribution in [-0.2, 0) is 9.47 Å². The molecule has 0 spiro atoms. The summed E-state index contributed by atoms with van der Waals surface area (Å²) in [7, 11) is 1.31. The summed E-state index contributed by atoms with van der Waals surface area (Å²) in [5.74, 6) is 0. The molecular weight excluding hydrogens is 204 g/mol. The summed E-state index contributed by atoms with van der Waals surface area (Å²) in [4.78, 5) is 0. The van der Waals surface area contributed by atoms with E-state index in [0.29, 0.717) is 0 Å². The van der Waals surface area contributed by atoms with Crippen LogP contribution in [0.15, 0.2) is 0 Å². The van der Waals surface area contributed by atoms with E-state index in [9.17, 15) is 15.3 Å². The summed E-state index contributed by atoms with van der Waals surface area (Å²) < 4.78 is 9.98. The van der Waals surface area contributed by atoms with E-state index in [4.69, 9.17) is 14.6 Å². The Morgan fingerprint density at radius 2 is 1.80 bits per heavy atom. The van der Waals surface area contributed by atoms with Crippen LogP contribution in [0.1, 0.15) is 13.8 Å². The lowest BCUT2D eigenvalue weighted by Gasteiger charge is -2.51. The summed E-state index contributed by atoms with van der Waals surface area (Å²) in [6.07, 6.45) is -3.47.